The Morgan fingerprint density at radius 3 is 2.91 bits per heavy atom. The molecule has 11 heavy (non-hydrogen) atoms. The van der Waals surface area contributed by atoms with Gasteiger partial charge in [0.15, 0.2) is 0 Å². The molecule has 3 N–H and O–H groups in total. The number of aromatic nitrogens is 2. The van der Waals surface area contributed by atoms with E-state index in [-0.39, 0.29) is 6.04 Å². The molecule has 0 spiro atoms. The summed E-state index contributed by atoms with van der Waals surface area (Å²) in [4.78, 5) is 0. The van der Waals surface area contributed by atoms with E-state index in [9.17, 15) is 0 Å². The second-order valence-corrected chi connectivity index (χ2v) is 2.89. The molecule has 1 unspecified atom stereocenters. The Balaban J connectivity index is 2.56. The van der Waals surface area contributed by atoms with E-state index in [2.05, 4.69) is 17.1 Å². The summed E-state index contributed by atoms with van der Waals surface area (Å²) in [6, 6.07) is 0.270. The first kappa shape index (κ1) is 8.27. The summed E-state index contributed by atoms with van der Waals surface area (Å²) < 4.78 is 0. The van der Waals surface area contributed by atoms with Gasteiger partial charge >= 0.3 is 0 Å². The van der Waals surface area contributed by atoms with Gasteiger partial charge in [-0.1, -0.05) is 6.92 Å². The molecule has 3 heteroatoms. The van der Waals surface area contributed by atoms with Crippen molar-refractivity contribution in [1.82, 2.24) is 10.2 Å². The smallest absolute Gasteiger partial charge is 0.0522 e. The van der Waals surface area contributed by atoms with E-state index in [0.29, 0.717) is 0 Å². The Labute approximate surface area is 67.0 Å². The standard InChI is InChI=1S/C8H15N3/c1-3-8(9)4-7-5-10-11-6(7)2/h5,8H,3-4,9H2,1-2H3,(H,10,11). The van der Waals surface area contributed by atoms with E-state index >= 15 is 0 Å². The van der Waals surface area contributed by atoms with Crippen LogP contribution in [0.3, 0.4) is 0 Å². The fourth-order valence-corrected chi connectivity index (χ4v) is 1.01. The molecule has 0 bridgehead atoms. The summed E-state index contributed by atoms with van der Waals surface area (Å²) in [6.07, 6.45) is 3.80. The minimum atomic E-state index is 0.270. The van der Waals surface area contributed by atoms with Gasteiger partial charge in [-0.3, -0.25) is 5.10 Å². The molecule has 1 aromatic heterocycles. The summed E-state index contributed by atoms with van der Waals surface area (Å²) in [5, 5.41) is 6.82. The van der Waals surface area contributed by atoms with E-state index in [1.807, 2.05) is 13.1 Å². The van der Waals surface area contributed by atoms with E-state index in [1.54, 1.807) is 0 Å². The number of hydrogen-bond acceptors (Lipinski definition) is 2. The van der Waals surface area contributed by atoms with Crippen LogP contribution < -0.4 is 5.73 Å². The van der Waals surface area contributed by atoms with Crippen LogP contribution in [0.25, 0.3) is 0 Å². The van der Waals surface area contributed by atoms with Crippen molar-refractivity contribution in [3.8, 4) is 0 Å². The van der Waals surface area contributed by atoms with E-state index in [1.165, 1.54) is 5.56 Å². The summed E-state index contributed by atoms with van der Waals surface area (Å²) >= 11 is 0. The number of hydrogen-bond donors (Lipinski definition) is 2. The van der Waals surface area contributed by atoms with Crippen LogP contribution in [0.4, 0.5) is 0 Å². The lowest BCUT2D eigenvalue weighted by atomic mass is 10.1. The molecule has 0 fully saturated rings. The van der Waals surface area contributed by atoms with Crippen LogP contribution in [0.1, 0.15) is 24.6 Å². The van der Waals surface area contributed by atoms with Crippen molar-refractivity contribution < 1.29 is 0 Å². The number of aryl methyl sites for hydroxylation is 1. The average Bonchev–Trinajstić information content (AvgIpc) is 2.37. The molecule has 0 aliphatic rings. The maximum absolute atomic E-state index is 5.79. The Morgan fingerprint density at radius 1 is 1.73 bits per heavy atom. The molecule has 1 heterocycles. The molecule has 0 aromatic carbocycles. The molecule has 0 aliphatic heterocycles. The van der Waals surface area contributed by atoms with Crippen molar-refractivity contribution in [2.75, 3.05) is 0 Å². The maximum atomic E-state index is 5.79. The fourth-order valence-electron chi connectivity index (χ4n) is 1.01. The number of H-pyrrole nitrogens is 1. The van der Waals surface area contributed by atoms with Crippen LogP contribution in [-0.2, 0) is 6.42 Å². The van der Waals surface area contributed by atoms with Gasteiger partial charge in [-0.2, -0.15) is 5.10 Å². The van der Waals surface area contributed by atoms with Crippen molar-refractivity contribution >= 4 is 0 Å². The van der Waals surface area contributed by atoms with Gasteiger partial charge in [-0.05, 0) is 25.3 Å². The van der Waals surface area contributed by atoms with Gasteiger partial charge in [0.1, 0.15) is 0 Å². The maximum Gasteiger partial charge on any atom is 0.0522 e. The van der Waals surface area contributed by atoms with Crippen molar-refractivity contribution in [2.45, 2.75) is 32.7 Å². The predicted molar refractivity (Wildman–Crippen MR) is 45.3 cm³/mol. The van der Waals surface area contributed by atoms with Crippen molar-refractivity contribution in [3.05, 3.63) is 17.5 Å². The van der Waals surface area contributed by atoms with Crippen LogP contribution in [-0.4, -0.2) is 16.2 Å². The normalized spacial score (nSPS) is 13.4. The van der Waals surface area contributed by atoms with Crippen LogP contribution in [0.2, 0.25) is 0 Å². The van der Waals surface area contributed by atoms with E-state index < -0.39 is 0 Å². The van der Waals surface area contributed by atoms with Crippen molar-refractivity contribution in [2.24, 2.45) is 5.73 Å². The number of aromatic amines is 1. The van der Waals surface area contributed by atoms with Crippen LogP contribution in [0, 0.1) is 6.92 Å². The molecule has 1 aromatic rings. The molecular weight excluding hydrogens is 138 g/mol. The van der Waals surface area contributed by atoms with Crippen molar-refractivity contribution in [3.63, 3.8) is 0 Å². The molecule has 3 nitrogen and oxygen atoms in total. The summed E-state index contributed by atoms with van der Waals surface area (Å²) in [5.74, 6) is 0. The van der Waals surface area contributed by atoms with E-state index in [0.717, 1.165) is 18.5 Å². The highest BCUT2D eigenvalue weighted by atomic mass is 15.1. The topological polar surface area (TPSA) is 54.7 Å². The van der Waals surface area contributed by atoms with E-state index in [4.69, 9.17) is 5.73 Å². The molecule has 1 rings (SSSR count). The number of nitrogens with one attached hydrogen (secondary N) is 1. The van der Waals surface area contributed by atoms with Crippen molar-refractivity contribution in [1.29, 1.82) is 0 Å². The lowest BCUT2D eigenvalue weighted by Gasteiger charge is -2.06. The lowest BCUT2D eigenvalue weighted by Crippen LogP contribution is -2.21. The van der Waals surface area contributed by atoms with Gasteiger partial charge in [0.25, 0.3) is 0 Å². The second kappa shape index (κ2) is 3.53. The first-order chi connectivity index (χ1) is 5.24. The van der Waals surface area contributed by atoms with Gasteiger partial charge < -0.3 is 5.73 Å². The second-order valence-electron chi connectivity index (χ2n) is 2.89. The number of nitrogens with zero attached hydrogens (tertiary/aromatic N) is 1. The molecule has 62 valence electrons. The third-order valence-corrected chi connectivity index (χ3v) is 1.94. The Bertz CT molecular complexity index is 217. The fraction of sp³-hybridized carbons (Fsp3) is 0.625. The van der Waals surface area contributed by atoms with Gasteiger partial charge in [0, 0.05) is 11.7 Å². The highest BCUT2D eigenvalue weighted by Gasteiger charge is 2.04. The first-order valence-corrected chi connectivity index (χ1v) is 3.98. The lowest BCUT2D eigenvalue weighted by molar-refractivity contribution is 0.645. The minimum Gasteiger partial charge on any atom is -0.327 e. The highest BCUT2D eigenvalue weighted by molar-refractivity contribution is 5.15. The van der Waals surface area contributed by atoms with Gasteiger partial charge in [-0.15, -0.1) is 0 Å². The molecule has 0 saturated heterocycles. The summed E-state index contributed by atoms with van der Waals surface area (Å²) in [7, 11) is 0. The quantitative estimate of drug-likeness (QED) is 0.680. The Hall–Kier alpha value is -0.830. The monoisotopic (exact) mass is 153 g/mol. The first-order valence-electron chi connectivity index (χ1n) is 3.98. The zero-order valence-electron chi connectivity index (χ0n) is 7.09. The zero-order chi connectivity index (χ0) is 8.27. The Kier molecular flexibility index (Phi) is 2.65. The number of rotatable bonds is 3. The van der Waals surface area contributed by atoms with Gasteiger partial charge in [0.05, 0.1) is 6.20 Å². The van der Waals surface area contributed by atoms with Gasteiger partial charge in [-0.25, -0.2) is 0 Å². The van der Waals surface area contributed by atoms with Gasteiger partial charge in [0.2, 0.25) is 0 Å². The molecule has 0 saturated carbocycles. The SMILES string of the molecule is CCC(N)Cc1cn[nH]c1C. The average molecular weight is 153 g/mol. The molecule has 0 amide bonds. The minimum absolute atomic E-state index is 0.270. The summed E-state index contributed by atoms with van der Waals surface area (Å²) in [6.45, 7) is 4.12. The third kappa shape index (κ3) is 2.05. The highest BCUT2D eigenvalue weighted by Crippen LogP contribution is 2.06. The predicted octanol–water partition coefficient (Wildman–Crippen LogP) is 0.998. The van der Waals surface area contributed by atoms with Crippen LogP contribution in [0.15, 0.2) is 6.20 Å². The third-order valence-electron chi connectivity index (χ3n) is 1.94. The number of nitrogens with two attached hydrogens (primary N) is 1. The zero-order valence-corrected chi connectivity index (χ0v) is 7.09. The van der Waals surface area contributed by atoms with Crippen LogP contribution >= 0.6 is 0 Å². The molecule has 0 aliphatic carbocycles. The van der Waals surface area contributed by atoms with Crippen LogP contribution in [0.5, 0.6) is 0 Å². The molecule has 1 atom stereocenters. The Morgan fingerprint density at radius 2 is 2.45 bits per heavy atom. The molecular formula is C8H15N3. The molecule has 0 radical (unpaired) electrons. The summed E-state index contributed by atoms with van der Waals surface area (Å²) in [5.41, 5.74) is 8.16. The largest absolute Gasteiger partial charge is 0.327 e.